The highest BCUT2D eigenvalue weighted by atomic mass is 32.1. The standard InChI is InChI=1S/C19H25N3O2S/c1-15-16(25-14-21-15)11-22-9-6-17-19(12-22,7-4-10-23-17)13-24-18-5-2-3-8-20-18/h2-3,5,8,14,17H,4,6-7,9-13H2,1H3/t17-,19-/m1/s1. The molecule has 2 aromatic rings. The summed E-state index contributed by atoms with van der Waals surface area (Å²) in [6.07, 6.45) is 5.41. The van der Waals surface area contributed by atoms with E-state index in [0.29, 0.717) is 18.6 Å². The lowest BCUT2D eigenvalue weighted by Crippen LogP contribution is -2.57. The Bertz CT molecular complexity index is 693. The normalized spacial score (nSPS) is 27.0. The fourth-order valence-electron chi connectivity index (χ4n) is 4.06. The molecule has 25 heavy (non-hydrogen) atoms. The Kier molecular flexibility index (Phi) is 5.01. The van der Waals surface area contributed by atoms with Gasteiger partial charge in [0, 0.05) is 48.8 Å². The van der Waals surface area contributed by atoms with Crippen LogP contribution in [0, 0.1) is 12.3 Å². The van der Waals surface area contributed by atoms with Crippen molar-refractivity contribution in [3.8, 4) is 5.88 Å². The van der Waals surface area contributed by atoms with E-state index in [0.717, 1.165) is 51.2 Å². The summed E-state index contributed by atoms with van der Waals surface area (Å²) in [6, 6.07) is 5.81. The Morgan fingerprint density at radius 2 is 2.36 bits per heavy atom. The number of pyridine rings is 1. The first-order chi connectivity index (χ1) is 12.3. The zero-order valence-electron chi connectivity index (χ0n) is 14.7. The fourth-order valence-corrected chi connectivity index (χ4v) is 4.88. The van der Waals surface area contributed by atoms with E-state index in [1.54, 1.807) is 17.5 Å². The maximum Gasteiger partial charge on any atom is 0.213 e. The van der Waals surface area contributed by atoms with Crippen LogP contribution in [-0.4, -0.2) is 47.3 Å². The van der Waals surface area contributed by atoms with E-state index in [1.807, 2.05) is 23.7 Å². The van der Waals surface area contributed by atoms with Gasteiger partial charge < -0.3 is 9.47 Å². The van der Waals surface area contributed by atoms with Crippen LogP contribution in [-0.2, 0) is 11.3 Å². The number of thiazole rings is 1. The monoisotopic (exact) mass is 359 g/mol. The summed E-state index contributed by atoms with van der Waals surface area (Å²) in [5, 5.41) is 0. The van der Waals surface area contributed by atoms with Gasteiger partial charge >= 0.3 is 0 Å². The molecule has 0 amide bonds. The molecule has 134 valence electrons. The summed E-state index contributed by atoms with van der Waals surface area (Å²) < 4.78 is 12.2. The van der Waals surface area contributed by atoms with Gasteiger partial charge in [0.05, 0.1) is 23.9 Å². The molecule has 2 saturated heterocycles. The van der Waals surface area contributed by atoms with Gasteiger partial charge in [0.15, 0.2) is 0 Å². The van der Waals surface area contributed by atoms with E-state index < -0.39 is 0 Å². The molecule has 0 radical (unpaired) electrons. The summed E-state index contributed by atoms with van der Waals surface area (Å²) in [5.41, 5.74) is 3.17. The number of nitrogens with zero attached hydrogens (tertiary/aromatic N) is 3. The number of ether oxygens (including phenoxy) is 2. The molecule has 2 aromatic heterocycles. The van der Waals surface area contributed by atoms with Crippen molar-refractivity contribution in [2.45, 2.75) is 38.8 Å². The highest BCUT2D eigenvalue weighted by Crippen LogP contribution is 2.41. The topological polar surface area (TPSA) is 47.5 Å². The second-order valence-corrected chi connectivity index (χ2v) is 8.08. The third-order valence-electron chi connectivity index (χ3n) is 5.42. The predicted molar refractivity (Wildman–Crippen MR) is 97.9 cm³/mol. The largest absolute Gasteiger partial charge is 0.477 e. The average molecular weight is 359 g/mol. The zero-order chi connectivity index (χ0) is 17.1. The predicted octanol–water partition coefficient (Wildman–Crippen LogP) is 3.30. The van der Waals surface area contributed by atoms with E-state index >= 15 is 0 Å². The van der Waals surface area contributed by atoms with Crippen molar-refractivity contribution in [3.63, 3.8) is 0 Å². The number of hydrogen-bond acceptors (Lipinski definition) is 6. The highest BCUT2D eigenvalue weighted by Gasteiger charge is 2.46. The maximum absolute atomic E-state index is 6.14. The van der Waals surface area contributed by atoms with Crippen molar-refractivity contribution < 1.29 is 9.47 Å². The smallest absolute Gasteiger partial charge is 0.213 e. The lowest BCUT2D eigenvalue weighted by Gasteiger charge is -2.50. The molecular weight excluding hydrogens is 334 g/mol. The van der Waals surface area contributed by atoms with Gasteiger partial charge in [-0.05, 0) is 32.3 Å². The summed E-state index contributed by atoms with van der Waals surface area (Å²) in [7, 11) is 0. The zero-order valence-corrected chi connectivity index (χ0v) is 15.5. The minimum absolute atomic E-state index is 0.0621. The molecule has 0 N–H and O–H groups in total. The molecule has 4 rings (SSSR count). The van der Waals surface area contributed by atoms with Crippen LogP contribution in [0.1, 0.15) is 29.8 Å². The lowest BCUT2D eigenvalue weighted by atomic mass is 9.73. The summed E-state index contributed by atoms with van der Waals surface area (Å²) in [6.45, 7) is 6.73. The molecule has 0 bridgehead atoms. The molecular formula is C19H25N3O2S. The van der Waals surface area contributed by atoms with Crippen LogP contribution in [0.25, 0.3) is 0 Å². The van der Waals surface area contributed by atoms with Crippen molar-refractivity contribution >= 4 is 11.3 Å². The summed E-state index contributed by atoms with van der Waals surface area (Å²) in [4.78, 5) is 12.6. The molecule has 0 unspecified atom stereocenters. The lowest BCUT2D eigenvalue weighted by molar-refractivity contribution is -0.141. The molecule has 4 heterocycles. The van der Waals surface area contributed by atoms with Gasteiger partial charge in [-0.25, -0.2) is 9.97 Å². The first-order valence-corrected chi connectivity index (χ1v) is 9.90. The molecule has 2 aliphatic heterocycles. The number of rotatable bonds is 5. The number of fused-ring (bicyclic) bond motifs is 1. The number of aromatic nitrogens is 2. The number of aryl methyl sites for hydroxylation is 1. The Morgan fingerprint density at radius 3 is 3.16 bits per heavy atom. The fraction of sp³-hybridized carbons (Fsp3) is 0.579. The number of likely N-dealkylation sites (tertiary alicyclic amines) is 1. The van der Waals surface area contributed by atoms with Gasteiger partial charge in [0.2, 0.25) is 5.88 Å². The number of hydrogen-bond donors (Lipinski definition) is 0. The summed E-state index contributed by atoms with van der Waals surface area (Å²) >= 11 is 1.76. The minimum atomic E-state index is 0.0621. The van der Waals surface area contributed by atoms with Crippen molar-refractivity contribution in [1.29, 1.82) is 0 Å². The molecule has 2 aliphatic rings. The van der Waals surface area contributed by atoms with Gasteiger partial charge in [-0.1, -0.05) is 6.07 Å². The Balaban J connectivity index is 1.48. The molecule has 2 atom stereocenters. The van der Waals surface area contributed by atoms with Crippen LogP contribution in [0.15, 0.2) is 29.9 Å². The Hall–Kier alpha value is -1.50. The van der Waals surface area contributed by atoms with Crippen LogP contribution in [0.4, 0.5) is 0 Å². The quantitative estimate of drug-likeness (QED) is 0.820. The molecule has 0 saturated carbocycles. The van der Waals surface area contributed by atoms with Crippen molar-refractivity contribution in [1.82, 2.24) is 14.9 Å². The van der Waals surface area contributed by atoms with E-state index in [4.69, 9.17) is 9.47 Å². The third kappa shape index (κ3) is 3.71. The van der Waals surface area contributed by atoms with Crippen molar-refractivity contribution in [2.24, 2.45) is 5.41 Å². The van der Waals surface area contributed by atoms with Crippen LogP contribution in [0.3, 0.4) is 0 Å². The highest BCUT2D eigenvalue weighted by molar-refractivity contribution is 7.09. The van der Waals surface area contributed by atoms with Crippen LogP contribution < -0.4 is 4.74 Å². The van der Waals surface area contributed by atoms with E-state index in [9.17, 15) is 0 Å². The molecule has 5 nitrogen and oxygen atoms in total. The second-order valence-electron chi connectivity index (χ2n) is 7.14. The molecule has 6 heteroatoms. The molecule has 0 aromatic carbocycles. The van der Waals surface area contributed by atoms with Gasteiger partial charge in [0.25, 0.3) is 0 Å². The van der Waals surface area contributed by atoms with Crippen LogP contribution >= 0.6 is 11.3 Å². The maximum atomic E-state index is 6.14. The first-order valence-electron chi connectivity index (χ1n) is 9.02. The van der Waals surface area contributed by atoms with Crippen LogP contribution in [0.2, 0.25) is 0 Å². The first kappa shape index (κ1) is 16.9. The number of piperidine rings is 1. The molecule has 0 spiro atoms. The summed E-state index contributed by atoms with van der Waals surface area (Å²) in [5.74, 6) is 0.705. The van der Waals surface area contributed by atoms with Gasteiger partial charge in [-0.2, -0.15) is 0 Å². The third-order valence-corrected chi connectivity index (χ3v) is 6.34. The van der Waals surface area contributed by atoms with E-state index in [2.05, 4.69) is 21.8 Å². The minimum Gasteiger partial charge on any atom is -0.477 e. The van der Waals surface area contributed by atoms with Gasteiger partial charge in [0.1, 0.15) is 0 Å². The van der Waals surface area contributed by atoms with Crippen LogP contribution in [0.5, 0.6) is 5.88 Å². The van der Waals surface area contributed by atoms with Gasteiger partial charge in [-0.15, -0.1) is 11.3 Å². The van der Waals surface area contributed by atoms with E-state index in [-0.39, 0.29) is 5.41 Å². The Labute approximate surface area is 153 Å². The van der Waals surface area contributed by atoms with Crippen molar-refractivity contribution in [3.05, 3.63) is 40.5 Å². The molecule has 2 fully saturated rings. The Morgan fingerprint density at radius 1 is 1.40 bits per heavy atom. The van der Waals surface area contributed by atoms with Crippen molar-refractivity contribution in [2.75, 3.05) is 26.3 Å². The molecule has 0 aliphatic carbocycles. The second kappa shape index (κ2) is 7.40. The average Bonchev–Trinajstić information content (AvgIpc) is 3.05. The van der Waals surface area contributed by atoms with Gasteiger partial charge in [-0.3, -0.25) is 4.90 Å². The SMILES string of the molecule is Cc1ncsc1CN1CC[C@H]2OCCC[C@]2(COc2ccccn2)C1. The van der Waals surface area contributed by atoms with E-state index in [1.165, 1.54) is 4.88 Å².